The van der Waals surface area contributed by atoms with E-state index in [1.165, 1.54) is 22.6 Å². The number of piperazine rings is 1. The quantitative estimate of drug-likeness (QED) is 0.822. The molecular weight excluding hydrogens is 329 g/mol. The molecule has 2 N–H and O–H groups in total. The lowest BCUT2D eigenvalue weighted by atomic mass is 10.0. The number of carbonyl (C=O) groups is 1. The molecule has 2 aromatic carbocycles. The van der Waals surface area contributed by atoms with Gasteiger partial charge in [0.15, 0.2) is 6.54 Å². The van der Waals surface area contributed by atoms with Gasteiger partial charge in [-0.1, -0.05) is 37.3 Å². The lowest BCUT2D eigenvalue weighted by Gasteiger charge is -2.33. The monoisotopic (exact) mass is 356 g/mol. The molecule has 0 spiro atoms. The second-order valence-electron chi connectivity index (χ2n) is 7.01. The van der Waals surface area contributed by atoms with Crippen molar-refractivity contribution >= 4 is 11.6 Å². The zero-order valence-electron chi connectivity index (χ0n) is 15.2. The van der Waals surface area contributed by atoms with Crippen LogP contribution in [0.2, 0.25) is 0 Å². The van der Waals surface area contributed by atoms with Gasteiger partial charge in [0.25, 0.3) is 5.91 Å². The molecule has 4 nitrogen and oxygen atoms in total. The van der Waals surface area contributed by atoms with Crippen LogP contribution < -0.4 is 15.1 Å². The smallest absolute Gasteiger partial charge is 0.275 e. The maximum Gasteiger partial charge on any atom is 0.275 e. The minimum atomic E-state index is -0.209. The van der Waals surface area contributed by atoms with Gasteiger partial charge in [-0.15, -0.1) is 0 Å². The zero-order valence-corrected chi connectivity index (χ0v) is 15.2. The van der Waals surface area contributed by atoms with E-state index in [0.29, 0.717) is 19.0 Å². The molecule has 0 aromatic heterocycles. The van der Waals surface area contributed by atoms with Crippen molar-refractivity contribution in [3.8, 4) is 0 Å². The van der Waals surface area contributed by atoms with Gasteiger partial charge in [0.05, 0.1) is 26.2 Å². The molecule has 1 heterocycles. The molecule has 0 saturated carbocycles. The van der Waals surface area contributed by atoms with Crippen LogP contribution in [0.1, 0.15) is 18.4 Å². The number of halogens is 1. The average molecular weight is 356 g/mol. The molecule has 5 heteroatoms. The third-order valence-corrected chi connectivity index (χ3v) is 5.05. The Balaban J connectivity index is 1.40. The van der Waals surface area contributed by atoms with Crippen LogP contribution in [-0.4, -0.2) is 45.2 Å². The van der Waals surface area contributed by atoms with Crippen LogP contribution >= 0.6 is 0 Å². The number of hydrogen-bond donors (Lipinski definition) is 2. The highest BCUT2D eigenvalue weighted by molar-refractivity contribution is 5.76. The van der Waals surface area contributed by atoms with E-state index >= 15 is 0 Å². The predicted molar refractivity (Wildman–Crippen MR) is 102 cm³/mol. The Kier molecular flexibility index (Phi) is 6.23. The van der Waals surface area contributed by atoms with Crippen molar-refractivity contribution in [3.63, 3.8) is 0 Å². The molecule has 0 unspecified atom stereocenters. The van der Waals surface area contributed by atoms with Crippen molar-refractivity contribution in [2.24, 2.45) is 0 Å². The van der Waals surface area contributed by atoms with Crippen LogP contribution in [0.4, 0.5) is 10.1 Å². The van der Waals surface area contributed by atoms with Gasteiger partial charge in [-0.25, -0.2) is 4.39 Å². The van der Waals surface area contributed by atoms with E-state index in [9.17, 15) is 9.18 Å². The number of amides is 1. The summed E-state index contributed by atoms with van der Waals surface area (Å²) in [4.78, 5) is 15.8. The van der Waals surface area contributed by atoms with E-state index in [2.05, 4.69) is 29.3 Å². The highest BCUT2D eigenvalue weighted by Crippen LogP contribution is 2.14. The standard InChI is InChI=1S/C21H26FN3O/c1-17(18-5-3-2-4-6-18)15-23-21(26)16-24-11-13-25(14-12-24)20-9-7-19(22)8-10-20/h2-10,17H,11-16H2,1H3,(H,23,26)/p+1/t17-/m1/s1. The molecular formula is C21H27FN3O+. The van der Waals surface area contributed by atoms with E-state index in [1.807, 2.05) is 30.3 Å². The number of nitrogens with zero attached hydrogens (tertiary/aromatic N) is 1. The molecule has 1 amide bonds. The number of benzene rings is 2. The van der Waals surface area contributed by atoms with Crippen LogP contribution in [0.15, 0.2) is 54.6 Å². The van der Waals surface area contributed by atoms with Gasteiger partial charge in [-0.05, 0) is 35.7 Å². The van der Waals surface area contributed by atoms with Gasteiger partial charge < -0.3 is 15.1 Å². The summed E-state index contributed by atoms with van der Waals surface area (Å²) in [5, 5.41) is 3.06. The number of anilines is 1. The van der Waals surface area contributed by atoms with Crippen LogP contribution in [0.25, 0.3) is 0 Å². The van der Waals surface area contributed by atoms with E-state index in [4.69, 9.17) is 0 Å². The SMILES string of the molecule is C[C@H](CNC(=O)C[NH+]1CCN(c2ccc(F)cc2)CC1)c1ccccc1. The first-order valence-corrected chi connectivity index (χ1v) is 9.27. The van der Waals surface area contributed by atoms with Crippen molar-refractivity contribution in [3.05, 3.63) is 66.0 Å². The number of hydrogen-bond acceptors (Lipinski definition) is 2. The summed E-state index contributed by atoms with van der Waals surface area (Å²) in [5.41, 5.74) is 2.29. The fraction of sp³-hybridized carbons (Fsp3) is 0.381. The summed E-state index contributed by atoms with van der Waals surface area (Å²) in [6.07, 6.45) is 0. The Bertz CT molecular complexity index is 697. The third kappa shape index (κ3) is 5.05. The molecule has 0 aliphatic carbocycles. The Morgan fingerprint density at radius 3 is 2.42 bits per heavy atom. The lowest BCUT2D eigenvalue weighted by Crippen LogP contribution is -3.16. The van der Waals surface area contributed by atoms with Gasteiger partial charge in [0.2, 0.25) is 0 Å². The van der Waals surface area contributed by atoms with Crippen LogP contribution in [0, 0.1) is 5.82 Å². The van der Waals surface area contributed by atoms with Gasteiger partial charge in [0.1, 0.15) is 5.82 Å². The van der Waals surface area contributed by atoms with Crippen molar-refractivity contribution in [1.82, 2.24) is 5.32 Å². The highest BCUT2D eigenvalue weighted by atomic mass is 19.1. The predicted octanol–water partition coefficient (Wildman–Crippen LogP) is 1.45. The minimum Gasteiger partial charge on any atom is -0.360 e. The second-order valence-corrected chi connectivity index (χ2v) is 7.01. The topological polar surface area (TPSA) is 36.8 Å². The number of carbonyl (C=O) groups excluding carboxylic acids is 1. The van der Waals surface area contributed by atoms with Gasteiger partial charge in [-0.2, -0.15) is 0 Å². The zero-order chi connectivity index (χ0) is 18.4. The summed E-state index contributed by atoms with van der Waals surface area (Å²) >= 11 is 0. The molecule has 1 aliphatic heterocycles. The summed E-state index contributed by atoms with van der Waals surface area (Å²) in [6, 6.07) is 16.9. The summed E-state index contributed by atoms with van der Waals surface area (Å²) in [7, 11) is 0. The van der Waals surface area contributed by atoms with Crippen LogP contribution in [-0.2, 0) is 4.79 Å². The maximum atomic E-state index is 13.0. The summed E-state index contributed by atoms with van der Waals surface area (Å²) in [6.45, 7) is 6.90. The molecule has 1 atom stereocenters. The van der Waals surface area contributed by atoms with Crippen LogP contribution in [0.3, 0.4) is 0 Å². The molecule has 1 saturated heterocycles. The van der Waals surface area contributed by atoms with Crippen molar-refractivity contribution in [2.45, 2.75) is 12.8 Å². The first kappa shape index (κ1) is 18.4. The van der Waals surface area contributed by atoms with E-state index in [-0.39, 0.29) is 11.7 Å². The average Bonchev–Trinajstić information content (AvgIpc) is 2.68. The molecule has 138 valence electrons. The number of quaternary nitrogens is 1. The molecule has 2 aromatic rings. The molecule has 0 bridgehead atoms. The fourth-order valence-electron chi connectivity index (χ4n) is 3.37. The first-order chi connectivity index (χ1) is 12.6. The number of rotatable bonds is 6. The van der Waals surface area contributed by atoms with E-state index < -0.39 is 0 Å². The van der Waals surface area contributed by atoms with Gasteiger partial charge in [0, 0.05) is 12.2 Å². The van der Waals surface area contributed by atoms with Crippen molar-refractivity contribution in [1.29, 1.82) is 0 Å². The second kappa shape index (κ2) is 8.81. The first-order valence-electron chi connectivity index (χ1n) is 9.27. The van der Waals surface area contributed by atoms with Crippen molar-refractivity contribution < 1.29 is 14.1 Å². The normalized spacial score (nSPS) is 16.3. The molecule has 1 fully saturated rings. The molecule has 1 aliphatic rings. The Hall–Kier alpha value is -2.40. The highest BCUT2D eigenvalue weighted by Gasteiger charge is 2.22. The lowest BCUT2D eigenvalue weighted by molar-refractivity contribution is -0.892. The molecule has 26 heavy (non-hydrogen) atoms. The summed E-state index contributed by atoms with van der Waals surface area (Å²) < 4.78 is 13.0. The molecule has 3 rings (SSSR count). The Morgan fingerprint density at radius 2 is 1.77 bits per heavy atom. The molecule has 0 radical (unpaired) electrons. The summed E-state index contributed by atoms with van der Waals surface area (Å²) in [5.74, 6) is 0.211. The fourth-order valence-corrected chi connectivity index (χ4v) is 3.37. The maximum absolute atomic E-state index is 13.0. The van der Waals surface area contributed by atoms with Gasteiger partial charge >= 0.3 is 0 Å². The Morgan fingerprint density at radius 1 is 1.12 bits per heavy atom. The largest absolute Gasteiger partial charge is 0.360 e. The number of nitrogens with one attached hydrogen (secondary N) is 2. The van der Waals surface area contributed by atoms with Crippen LogP contribution in [0.5, 0.6) is 0 Å². The van der Waals surface area contributed by atoms with E-state index in [1.54, 1.807) is 0 Å². The van der Waals surface area contributed by atoms with Gasteiger partial charge in [-0.3, -0.25) is 4.79 Å². The van der Waals surface area contributed by atoms with E-state index in [0.717, 1.165) is 31.9 Å². The minimum absolute atomic E-state index is 0.109. The van der Waals surface area contributed by atoms with Crippen molar-refractivity contribution in [2.75, 3.05) is 44.2 Å². The third-order valence-electron chi connectivity index (χ3n) is 5.05. The Labute approximate surface area is 154 Å².